The van der Waals surface area contributed by atoms with Crippen molar-refractivity contribution in [1.82, 2.24) is 9.80 Å². The standard InChI is InChI=1S/C6H12N2.CH2O3.2K/c1-2-8-5-3-7(1)4-6-8;2-1(3)4;;/h1-6H2;(H2,2,3,4);;/q;;2*+1/p-2. The van der Waals surface area contributed by atoms with Gasteiger partial charge in [-0.2, -0.15) is 0 Å². The molecular weight excluding hydrogens is 238 g/mol. The van der Waals surface area contributed by atoms with Crippen LogP contribution in [0.15, 0.2) is 0 Å². The van der Waals surface area contributed by atoms with E-state index in [0.717, 1.165) is 0 Å². The van der Waals surface area contributed by atoms with Gasteiger partial charge in [-0.3, -0.25) is 9.80 Å². The molecule has 7 heteroatoms. The summed E-state index contributed by atoms with van der Waals surface area (Å²) < 4.78 is 0. The summed E-state index contributed by atoms with van der Waals surface area (Å²) in [5.41, 5.74) is 0. The molecular formula is C7H12K2N2O3. The molecule has 0 aromatic carbocycles. The van der Waals surface area contributed by atoms with Crippen molar-refractivity contribution in [2.45, 2.75) is 0 Å². The van der Waals surface area contributed by atoms with Crippen LogP contribution in [0.1, 0.15) is 0 Å². The molecule has 3 aliphatic rings. The van der Waals surface area contributed by atoms with Crippen molar-refractivity contribution < 1.29 is 118 Å². The van der Waals surface area contributed by atoms with Crippen molar-refractivity contribution >= 4 is 6.16 Å². The van der Waals surface area contributed by atoms with Crippen molar-refractivity contribution in [3.05, 3.63) is 0 Å². The summed E-state index contributed by atoms with van der Waals surface area (Å²) in [6.07, 6.45) is -2.33. The number of nitrogens with zero attached hydrogens (tertiary/aromatic N) is 2. The summed E-state index contributed by atoms with van der Waals surface area (Å²) in [6.45, 7) is 7.92. The van der Waals surface area contributed by atoms with Gasteiger partial charge in [-0.25, -0.2) is 0 Å². The van der Waals surface area contributed by atoms with Crippen molar-refractivity contribution in [3.63, 3.8) is 0 Å². The summed E-state index contributed by atoms with van der Waals surface area (Å²) >= 11 is 0. The van der Waals surface area contributed by atoms with E-state index in [-0.39, 0.29) is 103 Å². The topological polar surface area (TPSA) is 69.7 Å². The molecule has 3 aliphatic heterocycles. The van der Waals surface area contributed by atoms with Crippen molar-refractivity contribution in [2.75, 3.05) is 39.3 Å². The number of rotatable bonds is 0. The molecule has 0 atom stereocenters. The van der Waals surface area contributed by atoms with Crippen LogP contribution in [-0.2, 0) is 0 Å². The van der Waals surface area contributed by atoms with Crippen LogP contribution in [-0.4, -0.2) is 55.2 Å². The summed E-state index contributed by atoms with van der Waals surface area (Å²) in [6, 6.07) is 0. The second-order valence-electron chi connectivity index (χ2n) is 2.93. The SMILES string of the molecule is C1CN2CCN1CC2.O=C([O-])[O-].[K+].[K+]. The van der Waals surface area contributed by atoms with Gasteiger partial charge in [-0.1, -0.05) is 0 Å². The van der Waals surface area contributed by atoms with Crippen LogP contribution in [0.25, 0.3) is 0 Å². The number of piperazine rings is 3. The third-order valence-corrected chi connectivity index (χ3v) is 2.20. The zero-order valence-electron chi connectivity index (χ0n) is 8.86. The Bertz CT molecular complexity index is 136. The molecule has 14 heavy (non-hydrogen) atoms. The minimum absolute atomic E-state index is 0. The first kappa shape index (κ1) is 18.8. The van der Waals surface area contributed by atoms with Crippen LogP contribution in [0, 0.1) is 0 Å². The van der Waals surface area contributed by atoms with Crippen LogP contribution in [0.4, 0.5) is 4.79 Å². The molecule has 3 saturated heterocycles. The average molecular weight is 250 g/mol. The van der Waals surface area contributed by atoms with Gasteiger partial charge in [0.25, 0.3) is 0 Å². The van der Waals surface area contributed by atoms with Crippen molar-refractivity contribution in [1.29, 1.82) is 0 Å². The summed E-state index contributed by atoms with van der Waals surface area (Å²) in [5.74, 6) is 0. The van der Waals surface area contributed by atoms with Crippen molar-refractivity contribution in [2.24, 2.45) is 0 Å². The maximum absolute atomic E-state index is 8.33. The zero-order valence-corrected chi connectivity index (χ0v) is 15.1. The maximum atomic E-state index is 8.33. The Morgan fingerprint density at radius 3 is 1.00 bits per heavy atom. The number of fused-ring (bicyclic) bond motifs is 3. The molecule has 0 radical (unpaired) electrons. The predicted octanol–water partition coefficient (Wildman–Crippen LogP) is -8.82. The number of hydrogen-bond donors (Lipinski definition) is 0. The van der Waals surface area contributed by atoms with Gasteiger partial charge in [0.15, 0.2) is 0 Å². The predicted molar refractivity (Wildman–Crippen MR) is 38.3 cm³/mol. The Hall–Kier alpha value is 2.46. The minimum Gasteiger partial charge on any atom is -0.652 e. The fraction of sp³-hybridized carbons (Fsp3) is 0.857. The van der Waals surface area contributed by atoms with E-state index in [1.807, 2.05) is 0 Å². The van der Waals surface area contributed by atoms with E-state index >= 15 is 0 Å². The Labute approximate surface area is 169 Å². The molecule has 2 bridgehead atoms. The Morgan fingerprint density at radius 2 is 0.929 bits per heavy atom. The Balaban J connectivity index is 0. The smallest absolute Gasteiger partial charge is 0.652 e. The molecule has 0 aliphatic carbocycles. The zero-order chi connectivity index (χ0) is 8.97. The molecule has 0 aromatic rings. The first-order valence-electron chi connectivity index (χ1n) is 4.01. The third-order valence-electron chi connectivity index (χ3n) is 2.20. The van der Waals surface area contributed by atoms with Gasteiger partial charge in [0.1, 0.15) is 0 Å². The fourth-order valence-electron chi connectivity index (χ4n) is 1.52. The maximum Gasteiger partial charge on any atom is 1.00 e. The van der Waals surface area contributed by atoms with E-state index in [1.54, 1.807) is 0 Å². The quantitative estimate of drug-likeness (QED) is 0.399. The fourth-order valence-corrected chi connectivity index (χ4v) is 1.52. The number of carbonyl (C=O) groups excluding carboxylic acids is 1. The van der Waals surface area contributed by atoms with Gasteiger partial charge in [-0.15, -0.1) is 0 Å². The van der Waals surface area contributed by atoms with Gasteiger partial charge in [0, 0.05) is 39.3 Å². The number of carbonyl (C=O) groups is 1. The minimum atomic E-state index is -2.33. The van der Waals surface area contributed by atoms with Gasteiger partial charge >= 0.3 is 103 Å². The largest absolute Gasteiger partial charge is 1.00 e. The molecule has 3 fully saturated rings. The van der Waals surface area contributed by atoms with E-state index in [1.165, 1.54) is 39.3 Å². The summed E-state index contributed by atoms with van der Waals surface area (Å²) in [5, 5.41) is 16.7. The number of carboxylic acid groups (broad SMARTS) is 2. The second-order valence-corrected chi connectivity index (χ2v) is 2.93. The Morgan fingerprint density at radius 1 is 0.786 bits per heavy atom. The van der Waals surface area contributed by atoms with Crippen LogP contribution in [0.5, 0.6) is 0 Å². The van der Waals surface area contributed by atoms with Crippen LogP contribution < -0.4 is 113 Å². The molecule has 3 heterocycles. The Kier molecular flexibility index (Phi) is 14.3. The van der Waals surface area contributed by atoms with Crippen LogP contribution in [0.2, 0.25) is 0 Å². The van der Waals surface area contributed by atoms with E-state index in [9.17, 15) is 0 Å². The van der Waals surface area contributed by atoms with E-state index in [2.05, 4.69) is 9.80 Å². The van der Waals surface area contributed by atoms with Crippen molar-refractivity contribution in [3.8, 4) is 0 Å². The molecule has 0 saturated carbocycles. The molecule has 3 rings (SSSR count). The molecule has 0 amide bonds. The third kappa shape index (κ3) is 8.60. The molecule has 70 valence electrons. The van der Waals surface area contributed by atoms with Gasteiger partial charge in [-0.05, 0) is 6.16 Å². The monoisotopic (exact) mass is 250 g/mol. The van der Waals surface area contributed by atoms with E-state index < -0.39 is 6.16 Å². The summed E-state index contributed by atoms with van der Waals surface area (Å²) in [4.78, 5) is 13.4. The molecule has 5 nitrogen and oxygen atoms in total. The molecule has 0 unspecified atom stereocenters. The number of hydrogen-bond acceptors (Lipinski definition) is 5. The molecule has 0 spiro atoms. The van der Waals surface area contributed by atoms with Gasteiger partial charge in [0.05, 0.1) is 0 Å². The second kappa shape index (κ2) is 10.6. The van der Waals surface area contributed by atoms with Gasteiger partial charge < -0.3 is 15.0 Å². The van der Waals surface area contributed by atoms with E-state index in [0.29, 0.717) is 0 Å². The van der Waals surface area contributed by atoms with Gasteiger partial charge in [0.2, 0.25) is 0 Å². The molecule has 0 N–H and O–H groups in total. The molecule has 0 aromatic heterocycles. The van der Waals surface area contributed by atoms with Crippen LogP contribution in [0.3, 0.4) is 0 Å². The average Bonchev–Trinajstić information content (AvgIpc) is 2.07. The van der Waals surface area contributed by atoms with Crippen LogP contribution >= 0.6 is 0 Å². The van der Waals surface area contributed by atoms with E-state index in [4.69, 9.17) is 15.0 Å². The summed E-state index contributed by atoms with van der Waals surface area (Å²) in [7, 11) is 0. The first-order valence-corrected chi connectivity index (χ1v) is 4.01. The first-order chi connectivity index (χ1) is 5.68. The normalized spacial score (nSPS) is 27.4.